The largest absolute Gasteiger partial charge is 0.458 e. The molecule has 0 aliphatic carbocycles. The highest BCUT2D eigenvalue weighted by Gasteiger charge is 2.51. The van der Waals surface area contributed by atoms with E-state index in [0.717, 1.165) is 22.9 Å². The maximum atomic E-state index is 7.33. The molecule has 81 heavy (non-hydrogen) atoms. The second-order valence-electron chi connectivity index (χ2n) is 23.3. The molecular formula is C75H65BN2OSi2. The van der Waals surface area contributed by atoms with Crippen molar-refractivity contribution in [3.05, 3.63) is 284 Å². The van der Waals surface area contributed by atoms with E-state index in [4.69, 9.17) is 4.74 Å². The van der Waals surface area contributed by atoms with Gasteiger partial charge in [-0.25, -0.2) is 0 Å². The summed E-state index contributed by atoms with van der Waals surface area (Å²) in [6.07, 6.45) is 0. The molecule has 0 N–H and O–H groups in total. The molecule has 0 radical (unpaired) electrons. The van der Waals surface area contributed by atoms with Gasteiger partial charge in [-0.3, -0.25) is 0 Å². The maximum absolute atomic E-state index is 7.33. The fourth-order valence-electron chi connectivity index (χ4n) is 14.3. The average Bonchev–Trinajstić information content (AvgIpc) is 2.33. The minimum absolute atomic E-state index is 0.158. The molecule has 3 heterocycles. The second kappa shape index (κ2) is 20.1. The van der Waals surface area contributed by atoms with Gasteiger partial charge in [0.25, 0.3) is 6.71 Å². The number of hydrogen-bond acceptors (Lipinski definition) is 3. The minimum Gasteiger partial charge on any atom is -0.458 e. The molecule has 0 fully saturated rings. The third kappa shape index (κ3) is 7.82. The Balaban J connectivity index is 1.01. The van der Waals surface area contributed by atoms with E-state index in [1.54, 1.807) is 0 Å². The van der Waals surface area contributed by atoms with E-state index in [1.165, 1.54) is 97.3 Å². The van der Waals surface area contributed by atoms with Gasteiger partial charge in [0.1, 0.15) is 11.5 Å². The number of hydrogen-bond donors (Lipinski definition) is 0. The van der Waals surface area contributed by atoms with Crippen molar-refractivity contribution in [3.63, 3.8) is 0 Å². The zero-order valence-corrected chi connectivity index (χ0v) is 49.0. The SMILES string of the molecule is CC(C)c1cc(C(C)C)c(B2c3cc(N4c5ccccc5[Si](c5ccccc5)(c5ccccc5)c5ccccc54)ccc3Oc3ccc(N4c5ccccc5[Si](c5ccccc5)(c5ccccc5)c5ccccc54)cc32)c(C(C)C)c1. The van der Waals surface area contributed by atoms with Crippen molar-refractivity contribution in [1.29, 1.82) is 0 Å². The van der Waals surface area contributed by atoms with Crippen LogP contribution in [0.1, 0.15) is 76.0 Å². The molecular weight excluding hydrogens is 1010 g/mol. The van der Waals surface area contributed by atoms with Gasteiger partial charge < -0.3 is 14.5 Å². The van der Waals surface area contributed by atoms with Gasteiger partial charge in [-0.15, -0.1) is 0 Å². The van der Waals surface area contributed by atoms with E-state index in [2.05, 4.69) is 318 Å². The van der Waals surface area contributed by atoms with Crippen LogP contribution in [0, 0.1) is 0 Å². The van der Waals surface area contributed by atoms with Gasteiger partial charge >= 0.3 is 0 Å². The zero-order valence-electron chi connectivity index (χ0n) is 47.0. The molecule has 11 aromatic carbocycles. The molecule has 392 valence electrons. The normalized spacial score (nSPS) is 14.4. The first kappa shape index (κ1) is 50.5. The minimum atomic E-state index is -2.84. The molecule has 0 unspecified atom stereocenters. The summed E-state index contributed by atoms with van der Waals surface area (Å²) < 4.78 is 7.33. The number of anilines is 6. The smallest absolute Gasteiger partial charge is 0.251 e. The Kier molecular flexibility index (Phi) is 12.6. The highest BCUT2D eigenvalue weighted by atomic mass is 28.3. The Hall–Kier alpha value is -8.68. The van der Waals surface area contributed by atoms with Gasteiger partial charge in [-0.05, 0) is 148 Å². The molecule has 0 aromatic heterocycles. The molecule has 6 heteroatoms. The summed E-state index contributed by atoms with van der Waals surface area (Å²) >= 11 is 0. The summed E-state index contributed by atoms with van der Waals surface area (Å²) in [5.74, 6) is 2.70. The van der Waals surface area contributed by atoms with Gasteiger partial charge in [0.05, 0.1) is 0 Å². The van der Waals surface area contributed by atoms with Gasteiger partial charge in [0.2, 0.25) is 0 Å². The quantitative estimate of drug-likeness (QED) is 0.127. The van der Waals surface area contributed by atoms with E-state index in [1.807, 2.05) is 0 Å². The van der Waals surface area contributed by atoms with Gasteiger partial charge in [0.15, 0.2) is 16.1 Å². The van der Waals surface area contributed by atoms with Crippen LogP contribution < -0.4 is 72.4 Å². The summed E-state index contributed by atoms with van der Waals surface area (Å²) in [5.41, 5.74) is 15.0. The summed E-state index contributed by atoms with van der Waals surface area (Å²) in [5, 5.41) is 11.0. The number of benzene rings is 11. The predicted molar refractivity (Wildman–Crippen MR) is 350 cm³/mol. The molecule has 0 bridgehead atoms. The predicted octanol–water partition coefficient (Wildman–Crippen LogP) is 12.0. The monoisotopic (exact) mass is 1080 g/mol. The Labute approximate surface area is 480 Å². The maximum Gasteiger partial charge on any atom is 0.251 e. The van der Waals surface area contributed by atoms with Crippen molar-refractivity contribution in [2.45, 2.75) is 59.3 Å². The molecule has 3 aliphatic heterocycles. The van der Waals surface area contributed by atoms with Crippen LogP contribution in [-0.4, -0.2) is 22.9 Å². The summed E-state index contributed by atoms with van der Waals surface area (Å²) in [6.45, 7) is 14.1. The lowest BCUT2D eigenvalue weighted by Gasteiger charge is -2.45. The molecule has 14 rings (SSSR count). The molecule has 3 nitrogen and oxygen atoms in total. The Bertz CT molecular complexity index is 3730. The van der Waals surface area contributed by atoms with Crippen molar-refractivity contribution >= 4 is 115 Å². The third-order valence-corrected chi connectivity index (χ3v) is 27.6. The highest BCUT2D eigenvalue weighted by molar-refractivity contribution is 7.22. The highest BCUT2D eigenvalue weighted by Crippen LogP contribution is 2.43. The molecule has 0 atom stereocenters. The first-order valence-corrected chi connectivity index (χ1v) is 33.0. The molecule has 11 aromatic rings. The van der Waals surface area contributed by atoms with E-state index >= 15 is 0 Å². The van der Waals surface area contributed by atoms with Crippen LogP contribution >= 0.6 is 0 Å². The zero-order chi connectivity index (χ0) is 55.0. The van der Waals surface area contributed by atoms with E-state index < -0.39 is 16.1 Å². The topological polar surface area (TPSA) is 15.7 Å². The first-order chi connectivity index (χ1) is 39.7. The van der Waals surface area contributed by atoms with E-state index in [-0.39, 0.29) is 18.5 Å². The molecule has 3 aliphatic rings. The second-order valence-corrected chi connectivity index (χ2v) is 30.7. The van der Waals surface area contributed by atoms with Crippen molar-refractivity contribution in [1.82, 2.24) is 0 Å². The fraction of sp³-hybridized carbons (Fsp3) is 0.120. The van der Waals surface area contributed by atoms with Crippen LogP contribution in [0.15, 0.2) is 267 Å². The molecule has 0 amide bonds. The molecule has 0 saturated heterocycles. The van der Waals surface area contributed by atoms with Crippen LogP contribution in [0.4, 0.5) is 34.1 Å². The van der Waals surface area contributed by atoms with Crippen molar-refractivity contribution in [2.24, 2.45) is 0 Å². The van der Waals surface area contributed by atoms with Crippen LogP contribution in [-0.2, 0) is 0 Å². The van der Waals surface area contributed by atoms with Crippen LogP contribution in [0.2, 0.25) is 0 Å². The fourth-order valence-corrected chi connectivity index (χ4v) is 24.5. The lowest BCUT2D eigenvalue weighted by atomic mass is 9.33. The van der Waals surface area contributed by atoms with E-state index in [9.17, 15) is 0 Å². The lowest BCUT2D eigenvalue weighted by molar-refractivity contribution is 0.487. The number of rotatable bonds is 10. The van der Waals surface area contributed by atoms with Crippen molar-refractivity contribution in [2.75, 3.05) is 9.80 Å². The summed E-state index contributed by atoms with van der Waals surface area (Å²) in [7, 11) is -5.68. The average molecular weight is 1080 g/mol. The number of para-hydroxylation sites is 4. The Morgan fingerprint density at radius 3 is 0.914 bits per heavy atom. The van der Waals surface area contributed by atoms with Crippen molar-refractivity contribution in [3.8, 4) is 11.5 Å². The van der Waals surface area contributed by atoms with Crippen molar-refractivity contribution < 1.29 is 4.74 Å². The number of nitrogens with zero attached hydrogens (tertiary/aromatic N) is 2. The van der Waals surface area contributed by atoms with Crippen LogP contribution in [0.25, 0.3) is 0 Å². The Morgan fingerprint density at radius 2 is 0.617 bits per heavy atom. The first-order valence-electron chi connectivity index (χ1n) is 29.0. The Morgan fingerprint density at radius 1 is 0.321 bits per heavy atom. The molecule has 0 spiro atoms. The third-order valence-electron chi connectivity index (χ3n) is 17.8. The van der Waals surface area contributed by atoms with E-state index in [0.29, 0.717) is 5.92 Å². The van der Waals surface area contributed by atoms with Gasteiger partial charge in [-0.1, -0.05) is 253 Å². The van der Waals surface area contributed by atoms with Gasteiger partial charge in [0, 0.05) is 34.1 Å². The summed E-state index contributed by atoms with van der Waals surface area (Å²) in [4.78, 5) is 5.10. The standard InChI is InChI=1S/C75H65BN2OSi2/c1-51(2)54-47-61(52(3)4)75(62(48-54)53(5)6)76-63-49-55(77-65-35-19-23-39-71(65)80(57-27-11-7-12-28-57,58-29-13-8-14-30-58)72-40-24-20-36-66(72)77)43-45-69(63)79-70-46-44-56(50-64(70)76)78-67-37-21-25-41-73(67)81(59-31-15-9-16-32-59,60-33-17-10-18-34-60)74-42-26-22-38-68(74)78/h7-53H,1-6H3. The number of ether oxygens (including phenoxy) is 1. The number of fused-ring (bicyclic) bond motifs is 6. The summed E-state index contributed by atoms with van der Waals surface area (Å²) in [6, 6.07) is 101. The lowest BCUT2D eigenvalue weighted by Crippen LogP contribution is -2.77. The van der Waals surface area contributed by atoms with Gasteiger partial charge in [-0.2, -0.15) is 0 Å². The molecule has 0 saturated carbocycles. The van der Waals surface area contributed by atoms with Crippen LogP contribution in [0.5, 0.6) is 11.5 Å². The van der Waals surface area contributed by atoms with Crippen LogP contribution in [0.3, 0.4) is 0 Å².